The van der Waals surface area contributed by atoms with E-state index in [9.17, 15) is 9.18 Å². The minimum absolute atomic E-state index is 0.0236. The Morgan fingerprint density at radius 2 is 1.70 bits per heavy atom. The summed E-state index contributed by atoms with van der Waals surface area (Å²) in [5.74, 6) is -0.146. The number of rotatable bonds is 3. The Labute approximate surface area is 114 Å². The van der Waals surface area contributed by atoms with Gasteiger partial charge in [-0.15, -0.1) is 0 Å². The highest BCUT2D eigenvalue weighted by molar-refractivity contribution is 6.06. The van der Waals surface area contributed by atoms with E-state index in [-0.39, 0.29) is 17.5 Å². The molecular formula is C16H10FNO2. The Kier molecular flexibility index (Phi) is 3.13. The van der Waals surface area contributed by atoms with Crippen LogP contribution in [0.3, 0.4) is 0 Å². The van der Waals surface area contributed by atoms with Crippen LogP contribution in [0.4, 0.5) is 4.39 Å². The standard InChI is InChI=1S/C16H10FNO2/c17-13-8-6-11(7-9-13)14-10-18-16(20-14)15(19)12-4-2-1-3-5-12/h1-10H. The molecule has 0 aliphatic carbocycles. The lowest BCUT2D eigenvalue weighted by molar-refractivity contribution is 0.100. The van der Waals surface area contributed by atoms with Crippen LogP contribution in [0, 0.1) is 5.82 Å². The van der Waals surface area contributed by atoms with Crippen LogP contribution >= 0.6 is 0 Å². The number of oxazole rings is 1. The minimum atomic E-state index is -0.325. The number of hydrogen-bond acceptors (Lipinski definition) is 3. The maximum absolute atomic E-state index is 12.9. The topological polar surface area (TPSA) is 43.1 Å². The van der Waals surface area contributed by atoms with E-state index in [0.29, 0.717) is 16.9 Å². The molecule has 0 radical (unpaired) electrons. The molecule has 3 rings (SSSR count). The number of carbonyl (C=O) groups excluding carboxylic acids is 1. The van der Waals surface area contributed by atoms with Gasteiger partial charge >= 0.3 is 0 Å². The summed E-state index contributed by atoms with van der Waals surface area (Å²) in [4.78, 5) is 16.1. The molecule has 0 unspecified atom stereocenters. The molecule has 20 heavy (non-hydrogen) atoms. The molecule has 0 saturated heterocycles. The molecule has 0 fully saturated rings. The zero-order chi connectivity index (χ0) is 13.9. The van der Waals surface area contributed by atoms with E-state index in [0.717, 1.165) is 0 Å². The summed E-state index contributed by atoms with van der Waals surface area (Å²) in [6.07, 6.45) is 1.46. The SMILES string of the molecule is O=C(c1ccccc1)c1ncc(-c2ccc(F)cc2)o1. The fourth-order valence-corrected chi connectivity index (χ4v) is 1.84. The first-order valence-electron chi connectivity index (χ1n) is 6.05. The smallest absolute Gasteiger partial charge is 0.268 e. The normalized spacial score (nSPS) is 10.4. The highest BCUT2D eigenvalue weighted by Gasteiger charge is 2.15. The molecule has 1 heterocycles. The Morgan fingerprint density at radius 3 is 2.40 bits per heavy atom. The van der Waals surface area contributed by atoms with Gasteiger partial charge < -0.3 is 4.42 Å². The zero-order valence-electron chi connectivity index (χ0n) is 10.4. The first-order chi connectivity index (χ1) is 9.74. The second-order valence-corrected chi connectivity index (χ2v) is 4.23. The van der Waals surface area contributed by atoms with E-state index in [1.165, 1.54) is 18.3 Å². The van der Waals surface area contributed by atoms with E-state index >= 15 is 0 Å². The molecule has 0 amide bonds. The molecule has 0 N–H and O–H groups in total. The van der Waals surface area contributed by atoms with Crippen LogP contribution in [0.15, 0.2) is 65.2 Å². The van der Waals surface area contributed by atoms with Gasteiger partial charge in [-0.25, -0.2) is 9.37 Å². The Morgan fingerprint density at radius 1 is 1.00 bits per heavy atom. The van der Waals surface area contributed by atoms with Crippen molar-refractivity contribution in [1.29, 1.82) is 0 Å². The third kappa shape index (κ3) is 2.36. The van der Waals surface area contributed by atoms with Gasteiger partial charge in [-0.1, -0.05) is 30.3 Å². The number of halogens is 1. The lowest BCUT2D eigenvalue weighted by Gasteiger charge is -1.97. The predicted octanol–water partition coefficient (Wildman–Crippen LogP) is 3.71. The van der Waals surface area contributed by atoms with E-state index in [1.807, 2.05) is 6.07 Å². The van der Waals surface area contributed by atoms with Gasteiger partial charge in [0, 0.05) is 11.1 Å². The summed E-state index contributed by atoms with van der Waals surface area (Å²) >= 11 is 0. The molecule has 0 aliphatic heterocycles. The third-order valence-corrected chi connectivity index (χ3v) is 2.86. The molecule has 4 heteroatoms. The van der Waals surface area contributed by atoms with Crippen molar-refractivity contribution in [2.75, 3.05) is 0 Å². The molecule has 0 bridgehead atoms. The van der Waals surface area contributed by atoms with Gasteiger partial charge in [0.05, 0.1) is 6.20 Å². The van der Waals surface area contributed by atoms with Crippen LogP contribution < -0.4 is 0 Å². The van der Waals surface area contributed by atoms with E-state index < -0.39 is 0 Å². The third-order valence-electron chi connectivity index (χ3n) is 2.86. The number of benzene rings is 2. The van der Waals surface area contributed by atoms with Gasteiger partial charge in [-0.2, -0.15) is 0 Å². The average molecular weight is 267 g/mol. The molecule has 98 valence electrons. The maximum atomic E-state index is 12.9. The highest BCUT2D eigenvalue weighted by atomic mass is 19.1. The average Bonchev–Trinajstić information content (AvgIpc) is 2.98. The monoisotopic (exact) mass is 267 g/mol. The zero-order valence-corrected chi connectivity index (χ0v) is 10.4. The Hall–Kier alpha value is -2.75. The van der Waals surface area contributed by atoms with Crippen molar-refractivity contribution in [3.8, 4) is 11.3 Å². The van der Waals surface area contributed by atoms with Gasteiger partial charge in [-0.3, -0.25) is 4.79 Å². The second-order valence-electron chi connectivity index (χ2n) is 4.23. The van der Waals surface area contributed by atoms with Crippen LogP contribution in [0.2, 0.25) is 0 Å². The van der Waals surface area contributed by atoms with Gasteiger partial charge in [0.25, 0.3) is 5.89 Å². The van der Waals surface area contributed by atoms with E-state index in [4.69, 9.17) is 4.42 Å². The molecule has 0 spiro atoms. The fourth-order valence-electron chi connectivity index (χ4n) is 1.84. The van der Waals surface area contributed by atoms with E-state index in [2.05, 4.69) is 4.98 Å². The minimum Gasteiger partial charge on any atom is -0.433 e. The molecule has 3 nitrogen and oxygen atoms in total. The fraction of sp³-hybridized carbons (Fsp3) is 0. The van der Waals surface area contributed by atoms with Crippen molar-refractivity contribution < 1.29 is 13.6 Å². The molecule has 1 aromatic heterocycles. The molecule has 0 saturated carbocycles. The number of hydrogen-bond donors (Lipinski definition) is 0. The van der Waals surface area contributed by atoms with E-state index in [1.54, 1.807) is 36.4 Å². The number of carbonyl (C=O) groups is 1. The summed E-state index contributed by atoms with van der Waals surface area (Å²) in [6.45, 7) is 0. The van der Waals surface area contributed by atoms with Crippen molar-refractivity contribution in [1.82, 2.24) is 4.98 Å². The van der Waals surface area contributed by atoms with Gasteiger partial charge in [0.1, 0.15) is 5.82 Å². The van der Waals surface area contributed by atoms with Crippen molar-refractivity contribution in [3.63, 3.8) is 0 Å². The molecule has 0 aliphatic rings. The van der Waals surface area contributed by atoms with Crippen molar-refractivity contribution in [2.24, 2.45) is 0 Å². The first-order valence-corrected chi connectivity index (χ1v) is 6.05. The predicted molar refractivity (Wildman–Crippen MR) is 71.8 cm³/mol. The van der Waals surface area contributed by atoms with Crippen LogP contribution in [-0.2, 0) is 0 Å². The van der Waals surface area contributed by atoms with Crippen LogP contribution in [0.5, 0.6) is 0 Å². The molecular weight excluding hydrogens is 257 g/mol. The number of ketones is 1. The molecule has 2 aromatic carbocycles. The van der Waals surface area contributed by atoms with Gasteiger partial charge in [-0.05, 0) is 24.3 Å². The summed E-state index contributed by atoms with van der Waals surface area (Å²) in [6, 6.07) is 14.6. The van der Waals surface area contributed by atoms with Crippen molar-refractivity contribution >= 4 is 5.78 Å². The van der Waals surface area contributed by atoms with Gasteiger partial charge in [0.15, 0.2) is 5.76 Å². The van der Waals surface area contributed by atoms with Gasteiger partial charge in [0.2, 0.25) is 5.78 Å². The maximum Gasteiger partial charge on any atom is 0.268 e. The Balaban J connectivity index is 1.91. The number of nitrogens with zero attached hydrogens (tertiary/aromatic N) is 1. The molecule has 0 atom stereocenters. The summed E-state index contributed by atoms with van der Waals surface area (Å²) in [7, 11) is 0. The van der Waals surface area contributed by atoms with Crippen LogP contribution in [0.1, 0.15) is 16.2 Å². The Bertz CT molecular complexity index is 733. The number of aromatic nitrogens is 1. The van der Waals surface area contributed by atoms with Crippen LogP contribution in [-0.4, -0.2) is 10.8 Å². The quantitative estimate of drug-likeness (QED) is 0.679. The summed E-state index contributed by atoms with van der Waals surface area (Å²) < 4.78 is 18.3. The largest absolute Gasteiger partial charge is 0.433 e. The first kappa shape index (κ1) is 12.3. The van der Waals surface area contributed by atoms with Crippen LogP contribution in [0.25, 0.3) is 11.3 Å². The van der Waals surface area contributed by atoms with Crippen molar-refractivity contribution in [3.05, 3.63) is 78.1 Å². The van der Waals surface area contributed by atoms with Crippen molar-refractivity contribution in [2.45, 2.75) is 0 Å². The summed E-state index contributed by atoms with van der Waals surface area (Å²) in [5, 5.41) is 0. The highest BCUT2D eigenvalue weighted by Crippen LogP contribution is 2.21. The summed E-state index contributed by atoms with van der Waals surface area (Å²) in [5.41, 5.74) is 1.19. The molecule has 3 aromatic rings. The lowest BCUT2D eigenvalue weighted by atomic mass is 10.1. The second kappa shape index (κ2) is 5.09. The lowest BCUT2D eigenvalue weighted by Crippen LogP contribution is -2.00.